The van der Waals surface area contributed by atoms with E-state index in [4.69, 9.17) is 5.73 Å². The molecule has 154 valence electrons. The summed E-state index contributed by atoms with van der Waals surface area (Å²) < 4.78 is 42.2. The lowest BCUT2D eigenvalue weighted by atomic mass is 10.1. The van der Waals surface area contributed by atoms with Crippen molar-refractivity contribution in [3.05, 3.63) is 78.1 Å². The summed E-state index contributed by atoms with van der Waals surface area (Å²) in [5.41, 5.74) is 8.45. The summed E-state index contributed by atoms with van der Waals surface area (Å²) in [6.07, 6.45) is -1.13. The van der Waals surface area contributed by atoms with Crippen LogP contribution >= 0.6 is 24.0 Å². The number of rotatable bonds is 6. The third-order valence-electron chi connectivity index (χ3n) is 3.79. The van der Waals surface area contributed by atoms with Gasteiger partial charge in [0.15, 0.2) is 5.96 Å². The highest BCUT2D eigenvalue weighted by molar-refractivity contribution is 14.0. The molecule has 2 aromatic carbocycles. The van der Waals surface area contributed by atoms with Gasteiger partial charge in [0.2, 0.25) is 0 Å². The molecule has 0 atom stereocenters. The average molecular weight is 517 g/mol. The molecule has 0 unspecified atom stereocenters. The third kappa shape index (κ3) is 7.29. The van der Waals surface area contributed by atoms with E-state index in [1.165, 1.54) is 24.3 Å². The van der Waals surface area contributed by atoms with Crippen molar-refractivity contribution >= 4 is 35.6 Å². The Hall–Kier alpha value is -2.76. The van der Waals surface area contributed by atoms with E-state index >= 15 is 0 Å². The molecule has 0 spiro atoms. The van der Waals surface area contributed by atoms with Crippen LogP contribution in [0.3, 0.4) is 0 Å². The van der Waals surface area contributed by atoms with Crippen molar-refractivity contribution < 1.29 is 17.9 Å². The maximum absolute atomic E-state index is 12.2. The molecule has 0 aliphatic rings. The van der Waals surface area contributed by atoms with Crippen molar-refractivity contribution in [1.82, 2.24) is 9.78 Å². The third-order valence-corrected chi connectivity index (χ3v) is 3.79. The SMILES string of the molecule is I.NC(=NCc1ccccc1Cn1cccn1)Nc1ccc(OC(F)(F)F)cc1. The molecule has 0 radical (unpaired) electrons. The van der Waals surface area contributed by atoms with Gasteiger partial charge in [-0.25, -0.2) is 4.99 Å². The van der Waals surface area contributed by atoms with E-state index in [-0.39, 0.29) is 35.7 Å². The number of aromatic nitrogens is 2. The molecule has 1 heterocycles. The average Bonchev–Trinajstić information content (AvgIpc) is 3.14. The largest absolute Gasteiger partial charge is 0.573 e. The van der Waals surface area contributed by atoms with Crippen LogP contribution in [0.2, 0.25) is 0 Å². The second kappa shape index (κ2) is 10.1. The molecule has 3 rings (SSSR count). The number of aliphatic imine (C=N–C) groups is 1. The number of hydrogen-bond acceptors (Lipinski definition) is 3. The van der Waals surface area contributed by atoms with E-state index in [1.54, 1.807) is 6.20 Å². The number of nitrogens with zero attached hydrogens (tertiary/aromatic N) is 3. The van der Waals surface area contributed by atoms with Gasteiger partial charge in [0, 0.05) is 18.1 Å². The van der Waals surface area contributed by atoms with Crippen molar-refractivity contribution in [2.45, 2.75) is 19.5 Å². The minimum atomic E-state index is -4.72. The quantitative estimate of drug-likeness (QED) is 0.289. The van der Waals surface area contributed by atoms with Gasteiger partial charge in [0.1, 0.15) is 5.75 Å². The maximum atomic E-state index is 12.2. The van der Waals surface area contributed by atoms with E-state index in [2.05, 4.69) is 20.1 Å². The predicted octanol–water partition coefficient (Wildman–Crippen LogP) is 4.37. The monoisotopic (exact) mass is 517 g/mol. The van der Waals surface area contributed by atoms with Crippen molar-refractivity contribution in [1.29, 1.82) is 0 Å². The minimum absolute atomic E-state index is 0. The molecule has 0 aliphatic heterocycles. The Kier molecular flexibility index (Phi) is 7.88. The fourth-order valence-corrected chi connectivity index (χ4v) is 2.53. The summed E-state index contributed by atoms with van der Waals surface area (Å²) in [4.78, 5) is 4.30. The fraction of sp³-hybridized carbons (Fsp3) is 0.158. The molecule has 0 saturated carbocycles. The van der Waals surface area contributed by atoms with Gasteiger partial charge in [-0.15, -0.1) is 37.1 Å². The second-order valence-electron chi connectivity index (χ2n) is 5.87. The molecule has 3 aromatic rings. The topological polar surface area (TPSA) is 77.5 Å². The minimum Gasteiger partial charge on any atom is -0.406 e. The molecular formula is C19H19F3IN5O. The van der Waals surface area contributed by atoms with Crippen LogP contribution in [0.5, 0.6) is 5.75 Å². The molecule has 29 heavy (non-hydrogen) atoms. The van der Waals surface area contributed by atoms with Crippen LogP contribution in [0.1, 0.15) is 11.1 Å². The number of ether oxygens (including phenoxy) is 1. The molecule has 0 aliphatic carbocycles. The Morgan fingerprint density at radius 1 is 1.07 bits per heavy atom. The number of nitrogens with one attached hydrogen (secondary N) is 1. The first kappa shape index (κ1) is 22.5. The van der Waals surface area contributed by atoms with E-state index in [1.807, 2.05) is 41.2 Å². The highest BCUT2D eigenvalue weighted by Crippen LogP contribution is 2.23. The summed E-state index contributed by atoms with van der Waals surface area (Å²) in [5.74, 6) is -0.153. The van der Waals surface area contributed by atoms with Gasteiger partial charge in [0.25, 0.3) is 0 Å². The van der Waals surface area contributed by atoms with E-state index in [0.717, 1.165) is 11.1 Å². The van der Waals surface area contributed by atoms with Crippen LogP contribution in [0, 0.1) is 0 Å². The number of anilines is 1. The van der Waals surface area contributed by atoms with Crippen LogP contribution in [-0.4, -0.2) is 22.1 Å². The van der Waals surface area contributed by atoms with Gasteiger partial charge in [-0.2, -0.15) is 5.10 Å². The lowest BCUT2D eigenvalue weighted by molar-refractivity contribution is -0.274. The lowest BCUT2D eigenvalue weighted by Crippen LogP contribution is -2.22. The van der Waals surface area contributed by atoms with Crippen LogP contribution in [-0.2, 0) is 13.1 Å². The number of halogens is 4. The van der Waals surface area contributed by atoms with Crippen LogP contribution in [0.25, 0.3) is 0 Å². The van der Waals surface area contributed by atoms with E-state index in [9.17, 15) is 13.2 Å². The zero-order chi connectivity index (χ0) is 20.0. The van der Waals surface area contributed by atoms with E-state index < -0.39 is 6.36 Å². The highest BCUT2D eigenvalue weighted by atomic mass is 127. The second-order valence-corrected chi connectivity index (χ2v) is 5.87. The van der Waals surface area contributed by atoms with Crippen molar-refractivity contribution in [2.24, 2.45) is 10.7 Å². The van der Waals surface area contributed by atoms with Crippen LogP contribution in [0.15, 0.2) is 72.0 Å². The molecule has 0 amide bonds. The summed E-state index contributed by atoms with van der Waals surface area (Å²) in [6, 6.07) is 14.9. The Balaban J connectivity index is 0.00000300. The van der Waals surface area contributed by atoms with Gasteiger partial charge >= 0.3 is 6.36 Å². The number of alkyl halides is 3. The molecule has 0 fully saturated rings. The van der Waals surface area contributed by atoms with Gasteiger partial charge in [0.05, 0.1) is 13.1 Å². The van der Waals surface area contributed by atoms with Gasteiger partial charge in [-0.05, 0) is 41.5 Å². The standard InChI is InChI=1S/C19H18F3N5O.HI/c20-19(21,22)28-17-8-6-16(7-9-17)26-18(23)24-12-14-4-1-2-5-15(14)13-27-11-3-10-25-27;/h1-11H,12-13H2,(H3,23,24,26);1H. The zero-order valence-electron chi connectivity index (χ0n) is 15.1. The number of hydrogen-bond donors (Lipinski definition) is 2. The Bertz CT molecular complexity index is 928. The number of nitrogens with two attached hydrogens (primary N) is 1. The molecular weight excluding hydrogens is 498 g/mol. The Morgan fingerprint density at radius 3 is 2.38 bits per heavy atom. The van der Waals surface area contributed by atoms with Gasteiger partial charge in [-0.1, -0.05) is 24.3 Å². The smallest absolute Gasteiger partial charge is 0.406 e. The predicted molar refractivity (Wildman–Crippen MR) is 115 cm³/mol. The Labute approximate surface area is 182 Å². The van der Waals surface area contributed by atoms with Crippen LogP contribution < -0.4 is 15.8 Å². The van der Waals surface area contributed by atoms with Crippen molar-refractivity contribution in [2.75, 3.05) is 5.32 Å². The molecule has 6 nitrogen and oxygen atoms in total. The summed E-state index contributed by atoms with van der Waals surface area (Å²) >= 11 is 0. The van der Waals surface area contributed by atoms with Gasteiger partial charge in [-0.3, -0.25) is 4.68 Å². The summed E-state index contributed by atoms with van der Waals surface area (Å²) in [7, 11) is 0. The fourth-order valence-electron chi connectivity index (χ4n) is 2.53. The number of guanidine groups is 1. The highest BCUT2D eigenvalue weighted by Gasteiger charge is 2.30. The number of benzene rings is 2. The van der Waals surface area contributed by atoms with E-state index in [0.29, 0.717) is 18.8 Å². The molecule has 0 bridgehead atoms. The first-order valence-electron chi connectivity index (χ1n) is 8.36. The molecule has 3 N–H and O–H groups in total. The summed E-state index contributed by atoms with van der Waals surface area (Å²) in [6.45, 7) is 0.970. The molecule has 1 aromatic heterocycles. The maximum Gasteiger partial charge on any atom is 0.573 e. The normalized spacial score (nSPS) is 11.6. The lowest BCUT2D eigenvalue weighted by Gasteiger charge is -2.11. The molecule has 10 heteroatoms. The van der Waals surface area contributed by atoms with Crippen LogP contribution in [0.4, 0.5) is 18.9 Å². The summed E-state index contributed by atoms with van der Waals surface area (Å²) in [5, 5.41) is 7.04. The molecule has 0 saturated heterocycles. The zero-order valence-corrected chi connectivity index (χ0v) is 17.5. The Morgan fingerprint density at radius 2 is 1.76 bits per heavy atom. The van der Waals surface area contributed by atoms with Crippen molar-refractivity contribution in [3.8, 4) is 5.75 Å². The van der Waals surface area contributed by atoms with Gasteiger partial charge < -0.3 is 15.8 Å². The first-order chi connectivity index (χ1) is 13.4. The first-order valence-corrected chi connectivity index (χ1v) is 8.36. The van der Waals surface area contributed by atoms with Crippen molar-refractivity contribution in [3.63, 3.8) is 0 Å².